The van der Waals surface area contributed by atoms with Crippen LogP contribution in [0.25, 0.3) is 16.8 Å². The number of nitriles is 1. The van der Waals surface area contributed by atoms with Crippen LogP contribution in [0, 0.1) is 36.5 Å². The van der Waals surface area contributed by atoms with Gasteiger partial charge in [-0.2, -0.15) is 5.26 Å². The molecule has 188 valence electrons. The second-order valence-corrected chi connectivity index (χ2v) is 12.4. The van der Waals surface area contributed by atoms with Gasteiger partial charge in [-0.1, -0.05) is 44.5 Å². The minimum Gasteiger partial charge on any atom is -0.462 e. The monoisotopic (exact) mass is 519 g/mol. The first kappa shape index (κ1) is 26.1. The molecule has 1 atom stereocenters. The molecule has 0 saturated carbocycles. The highest BCUT2D eigenvalue weighted by Crippen LogP contribution is 2.44. The largest absolute Gasteiger partial charge is 0.462 e. The van der Waals surface area contributed by atoms with Crippen LogP contribution >= 0.6 is 22.7 Å². The Morgan fingerprint density at radius 3 is 2.78 bits per heavy atom. The molecule has 0 radical (unpaired) electrons. The molecule has 0 amide bonds. The van der Waals surface area contributed by atoms with Crippen molar-refractivity contribution in [2.75, 3.05) is 11.9 Å². The van der Waals surface area contributed by atoms with Crippen molar-refractivity contribution in [2.45, 2.75) is 60.8 Å². The first-order valence-electron chi connectivity index (χ1n) is 12.3. The van der Waals surface area contributed by atoms with E-state index in [0.717, 1.165) is 46.6 Å². The number of nitrogens with zero attached hydrogens (tertiary/aromatic N) is 2. The molecule has 0 aliphatic heterocycles. The van der Waals surface area contributed by atoms with Gasteiger partial charge in [0.15, 0.2) is 0 Å². The van der Waals surface area contributed by atoms with E-state index in [1.54, 1.807) is 17.5 Å². The number of rotatable bonds is 6. The number of thiophene rings is 1. The summed E-state index contributed by atoms with van der Waals surface area (Å²) in [5.74, 6) is 0.265. The average molecular weight is 520 g/mol. The minimum atomic E-state index is -0.301. The van der Waals surface area contributed by atoms with Gasteiger partial charge in [-0.15, -0.1) is 22.7 Å². The first-order valence-corrected chi connectivity index (χ1v) is 14.0. The van der Waals surface area contributed by atoms with Crippen molar-refractivity contribution in [3.8, 4) is 17.3 Å². The van der Waals surface area contributed by atoms with Crippen LogP contribution in [0.1, 0.15) is 71.0 Å². The summed E-state index contributed by atoms with van der Waals surface area (Å²) < 4.78 is 5.41. The summed E-state index contributed by atoms with van der Waals surface area (Å²) in [4.78, 5) is 18.9. The molecule has 0 unspecified atom stereocenters. The Morgan fingerprint density at radius 1 is 1.33 bits per heavy atom. The molecular weight excluding hydrogens is 486 g/mol. The van der Waals surface area contributed by atoms with Crippen LogP contribution in [0.2, 0.25) is 0 Å². The van der Waals surface area contributed by atoms with E-state index < -0.39 is 0 Å². The van der Waals surface area contributed by atoms with E-state index >= 15 is 0 Å². The number of nitrogens with one attached hydrogen (secondary N) is 1. The molecule has 1 aromatic carbocycles. The maximum Gasteiger partial charge on any atom is 0.341 e. The van der Waals surface area contributed by atoms with Crippen molar-refractivity contribution >= 4 is 39.2 Å². The third kappa shape index (κ3) is 5.40. The third-order valence-corrected chi connectivity index (χ3v) is 8.89. The molecule has 2 aromatic heterocycles. The summed E-state index contributed by atoms with van der Waals surface area (Å²) in [6, 6.07) is 8.56. The zero-order valence-corrected chi connectivity index (χ0v) is 23.5. The van der Waals surface area contributed by atoms with Gasteiger partial charge in [0, 0.05) is 22.0 Å². The maximum atomic E-state index is 12.9. The summed E-state index contributed by atoms with van der Waals surface area (Å²) in [5.41, 5.74) is 6.66. The van der Waals surface area contributed by atoms with Crippen LogP contribution in [-0.4, -0.2) is 17.6 Å². The van der Waals surface area contributed by atoms with Crippen LogP contribution in [-0.2, 0) is 17.6 Å². The lowest BCUT2D eigenvalue weighted by Gasteiger charge is -2.33. The molecule has 4 rings (SSSR count). The van der Waals surface area contributed by atoms with Gasteiger partial charge >= 0.3 is 5.97 Å². The van der Waals surface area contributed by atoms with Crippen molar-refractivity contribution in [3.63, 3.8) is 0 Å². The first-order chi connectivity index (χ1) is 17.1. The topological polar surface area (TPSA) is 75.0 Å². The predicted molar refractivity (Wildman–Crippen MR) is 149 cm³/mol. The number of carbonyl (C=O) groups is 1. The fraction of sp³-hybridized carbons (Fsp3) is 0.414. The molecule has 0 fully saturated rings. The molecule has 1 aliphatic carbocycles. The second-order valence-electron chi connectivity index (χ2n) is 10.4. The zero-order chi connectivity index (χ0) is 26.0. The molecule has 0 bridgehead atoms. The summed E-state index contributed by atoms with van der Waals surface area (Å²) in [5, 5.41) is 16.6. The van der Waals surface area contributed by atoms with Crippen molar-refractivity contribution in [3.05, 3.63) is 61.9 Å². The lowest BCUT2D eigenvalue weighted by Crippen LogP contribution is -2.26. The fourth-order valence-corrected chi connectivity index (χ4v) is 6.82. The quantitative estimate of drug-likeness (QED) is 0.266. The zero-order valence-electron chi connectivity index (χ0n) is 21.8. The van der Waals surface area contributed by atoms with E-state index in [9.17, 15) is 10.1 Å². The van der Waals surface area contributed by atoms with E-state index in [1.807, 2.05) is 12.3 Å². The fourth-order valence-electron chi connectivity index (χ4n) is 4.75. The summed E-state index contributed by atoms with van der Waals surface area (Å²) in [6.07, 6.45) is 4.55. The van der Waals surface area contributed by atoms with Crippen LogP contribution < -0.4 is 5.32 Å². The lowest BCUT2D eigenvalue weighted by molar-refractivity contribution is 0.0526. The number of hydrogen-bond acceptors (Lipinski definition) is 7. The van der Waals surface area contributed by atoms with Gasteiger partial charge in [0.25, 0.3) is 0 Å². The lowest BCUT2D eigenvalue weighted by atomic mass is 9.72. The van der Waals surface area contributed by atoms with E-state index in [2.05, 4.69) is 64.2 Å². The van der Waals surface area contributed by atoms with Gasteiger partial charge in [0.05, 0.1) is 17.9 Å². The Morgan fingerprint density at radius 2 is 2.11 bits per heavy atom. The molecule has 0 saturated heterocycles. The third-order valence-electron chi connectivity index (χ3n) is 6.83. The van der Waals surface area contributed by atoms with E-state index in [-0.39, 0.29) is 11.4 Å². The average Bonchev–Trinajstić information content (AvgIpc) is 3.43. The molecule has 36 heavy (non-hydrogen) atoms. The summed E-state index contributed by atoms with van der Waals surface area (Å²) >= 11 is 3.05. The number of anilines is 1. The normalized spacial score (nSPS) is 15.8. The van der Waals surface area contributed by atoms with E-state index in [1.165, 1.54) is 21.8 Å². The smallest absolute Gasteiger partial charge is 0.341 e. The Hall–Kier alpha value is -2.95. The van der Waals surface area contributed by atoms with Crippen LogP contribution in [0.4, 0.5) is 5.00 Å². The van der Waals surface area contributed by atoms with Gasteiger partial charge in [-0.25, -0.2) is 9.78 Å². The Bertz CT molecular complexity index is 1350. The van der Waals surface area contributed by atoms with Gasteiger partial charge in [-0.05, 0) is 62.5 Å². The minimum absolute atomic E-state index is 0.214. The number of aryl methyl sites for hydroxylation is 2. The molecule has 1 N–H and O–H groups in total. The van der Waals surface area contributed by atoms with Crippen molar-refractivity contribution in [1.82, 2.24) is 4.98 Å². The number of thiazole rings is 1. The van der Waals surface area contributed by atoms with Crippen LogP contribution in [0.3, 0.4) is 0 Å². The number of allylic oxidation sites excluding steroid dienone is 1. The highest BCUT2D eigenvalue weighted by molar-refractivity contribution is 7.16. The molecule has 2 heterocycles. The standard InChI is InChI=1S/C29H33N3O2S2/c1-7-34-28(33)25-22-11-9-20(29(4,5)6)13-24(22)36-27(25)31-15-19(14-30)26-32-23(16-35-26)21-10-8-17(2)12-18(21)3/h8,10,12,15-16,20,31H,7,9,11,13H2,1-6H3/b19-15+/t20-/m0/s1. The highest BCUT2D eigenvalue weighted by Gasteiger charge is 2.34. The summed E-state index contributed by atoms with van der Waals surface area (Å²) in [7, 11) is 0. The number of carbonyl (C=O) groups excluding carboxylic acids is 1. The molecular formula is C29H33N3O2S2. The maximum absolute atomic E-state index is 12.9. The van der Waals surface area contributed by atoms with Gasteiger partial charge in [-0.3, -0.25) is 0 Å². The number of aromatic nitrogens is 1. The van der Waals surface area contributed by atoms with Crippen LogP contribution in [0.15, 0.2) is 29.8 Å². The van der Waals surface area contributed by atoms with E-state index in [0.29, 0.717) is 28.7 Å². The van der Waals surface area contributed by atoms with Crippen LogP contribution in [0.5, 0.6) is 0 Å². The number of benzene rings is 1. The Kier molecular flexibility index (Phi) is 7.67. The predicted octanol–water partition coefficient (Wildman–Crippen LogP) is 7.79. The van der Waals surface area contributed by atoms with Crippen molar-refractivity contribution in [1.29, 1.82) is 5.26 Å². The molecule has 0 spiro atoms. The molecule has 7 heteroatoms. The molecule has 3 aromatic rings. The SMILES string of the molecule is CCOC(=O)c1c(N/C=C(\C#N)c2nc(-c3ccc(C)cc3C)cs2)sc2c1CC[C@H](C(C)(C)C)C2. The molecule has 5 nitrogen and oxygen atoms in total. The van der Waals surface area contributed by atoms with Crippen molar-refractivity contribution < 1.29 is 9.53 Å². The van der Waals surface area contributed by atoms with Gasteiger partial charge in [0.1, 0.15) is 21.7 Å². The molecule has 1 aliphatic rings. The van der Waals surface area contributed by atoms with Crippen molar-refractivity contribution in [2.24, 2.45) is 11.3 Å². The second kappa shape index (κ2) is 10.6. The van der Waals surface area contributed by atoms with E-state index in [4.69, 9.17) is 9.72 Å². The summed E-state index contributed by atoms with van der Waals surface area (Å²) in [6.45, 7) is 13.1. The van der Waals surface area contributed by atoms with Gasteiger partial charge < -0.3 is 10.1 Å². The van der Waals surface area contributed by atoms with Gasteiger partial charge in [0.2, 0.25) is 0 Å². The Balaban J connectivity index is 1.64. The highest BCUT2D eigenvalue weighted by atomic mass is 32.1. The number of esters is 1. The number of fused-ring (bicyclic) bond motifs is 1. The Labute approximate surface area is 221 Å². The number of hydrogen-bond donors (Lipinski definition) is 1. The number of ether oxygens (including phenoxy) is 1.